The van der Waals surface area contributed by atoms with Crippen LogP contribution < -0.4 is 10.1 Å². The fourth-order valence-electron chi connectivity index (χ4n) is 5.97. The van der Waals surface area contributed by atoms with Crippen LogP contribution in [0.3, 0.4) is 0 Å². The SMILES string of the molecule is COc1ccc(NC(=O)N2C(c3ccc(C)cc3)C(C(=O)c3ccccc3)C(c3ccc(Cl)cc3)C2(C)C(=O)O)cc1. The van der Waals surface area contributed by atoms with Gasteiger partial charge in [0.05, 0.1) is 19.1 Å². The summed E-state index contributed by atoms with van der Waals surface area (Å²) >= 11 is 6.21. The van der Waals surface area contributed by atoms with E-state index in [1.165, 1.54) is 11.8 Å². The lowest BCUT2D eigenvalue weighted by Gasteiger charge is -2.37. The van der Waals surface area contributed by atoms with Crippen molar-refractivity contribution < 1.29 is 24.2 Å². The molecule has 0 radical (unpaired) electrons. The lowest BCUT2D eigenvalue weighted by molar-refractivity contribution is -0.148. The standard InChI is InChI=1S/C34H31ClN2O5/c1-21-9-11-23(12-10-21)30-28(31(38)24-7-5-4-6-8-24)29(22-13-15-25(35)16-14-22)34(2,32(39)40)37(30)33(41)36-26-17-19-27(42-3)20-18-26/h4-20,28-30H,1-3H3,(H,36,41)(H,39,40). The first kappa shape index (κ1) is 28.9. The highest BCUT2D eigenvalue weighted by atomic mass is 35.5. The molecule has 42 heavy (non-hydrogen) atoms. The normalized spacial score (nSPS) is 21.5. The molecule has 5 rings (SSSR count). The van der Waals surface area contributed by atoms with E-state index in [-0.39, 0.29) is 5.78 Å². The van der Waals surface area contributed by atoms with Crippen molar-refractivity contribution in [2.75, 3.05) is 12.4 Å². The molecule has 4 atom stereocenters. The molecule has 2 N–H and O–H groups in total. The topological polar surface area (TPSA) is 95.9 Å². The highest BCUT2D eigenvalue weighted by molar-refractivity contribution is 6.30. The monoisotopic (exact) mass is 582 g/mol. The van der Waals surface area contributed by atoms with E-state index in [1.54, 1.807) is 79.9 Å². The van der Waals surface area contributed by atoms with Crippen LogP contribution in [0.25, 0.3) is 0 Å². The molecule has 0 bridgehead atoms. The molecular weight excluding hydrogens is 552 g/mol. The largest absolute Gasteiger partial charge is 0.497 e. The number of rotatable bonds is 7. The number of nitrogens with zero attached hydrogens (tertiary/aromatic N) is 1. The number of urea groups is 1. The van der Waals surface area contributed by atoms with Gasteiger partial charge in [0.2, 0.25) is 0 Å². The van der Waals surface area contributed by atoms with Crippen LogP contribution in [0, 0.1) is 12.8 Å². The second kappa shape index (κ2) is 11.7. The van der Waals surface area contributed by atoms with Gasteiger partial charge < -0.3 is 15.2 Å². The fourth-order valence-corrected chi connectivity index (χ4v) is 6.10. The zero-order chi connectivity index (χ0) is 30.0. The molecular formula is C34H31ClN2O5. The number of likely N-dealkylation sites (tertiary alicyclic amines) is 1. The molecule has 1 aliphatic heterocycles. The second-order valence-corrected chi connectivity index (χ2v) is 11.1. The number of hydrogen-bond acceptors (Lipinski definition) is 4. The van der Waals surface area contributed by atoms with Gasteiger partial charge in [-0.1, -0.05) is 83.9 Å². The van der Waals surface area contributed by atoms with Crippen molar-refractivity contribution in [2.45, 2.75) is 31.3 Å². The van der Waals surface area contributed by atoms with Gasteiger partial charge in [0.15, 0.2) is 5.78 Å². The Kier molecular flexibility index (Phi) is 8.05. The molecule has 1 heterocycles. The molecule has 214 valence electrons. The zero-order valence-electron chi connectivity index (χ0n) is 23.5. The number of ether oxygens (including phenoxy) is 1. The van der Waals surface area contributed by atoms with E-state index >= 15 is 0 Å². The van der Waals surface area contributed by atoms with Crippen molar-refractivity contribution in [1.82, 2.24) is 4.90 Å². The summed E-state index contributed by atoms with van der Waals surface area (Å²) in [7, 11) is 1.54. The van der Waals surface area contributed by atoms with Crippen molar-refractivity contribution in [3.63, 3.8) is 0 Å². The van der Waals surface area contributed by atoms with E-state index in [1.807, 2.05) is 37.3 Å². The smallest absolute Gasteiger partial charge is 0.330 e. The Morgan fingerprint density at radius 2 is 1.45 bits per heavy atom. The van der Waals surface area contributed by atoms with E-state index < -0.39 is 35.4 Å². The number of benzene rings is 4. The van der Waals surface area contributed by atoms with Crippen LogP contribution in [0.1, 0.15) is 45.9 Å². The van der Waals surface area contributed by atoms with Crippen LogP contribution in [0.2, 0.25) is 5.02 Å². The minimum Gasteiger partial charge on any atom is -0.497 e. The molecule has 4 aromatic rings. The van der Waals surface area contributed by atoms with Crippen LogP contribution in [0.4, 0.5) is 10.5 Å². The van der Waals surface area contributed by atoms with E-state index in [2.05, 4.69) is 5.32 Å². The minimum atomic E-state index is -1.82. The van der Waals surface area contributed by atoms with E-state index in [9.17, 15) is 19.5 Å². The van der Waals surface area contributed by atoms with Gasteiger partial charge in [0, 0.05) is 22.2 Å². The number of carbonyl (C=O) groups is 3. The maximum Gasteiger partial charge on any atom is 0.330 e. The summed E-state index contributed by atoms with van der Waals surface area (Å²) in [4.78, 5) is 43.4. The highest BCUT2D eigenvalue weighted by Crippen LogP contribution is 2.56. The van der Waals surface area contributed by atoms with Gasteiger partial charge in [-0.25, -0.2) is 9.59 Å². The third-order valence-corrected chi connectivity index (χ3v) is 8.34. The van der Waals surface area contributed by atoms with Crippen molar-refractivity contribution in [3.05, 3.63) is 130 Å². The summed E-state index contributed by atoms with van der Waals surface area (Å²) in [6.45, 7) is 3.46. The average molecular weight is 583 g/mol. The average Bonchev–Trinajstić information content (AvgIpc) is 3.28. The summed E-state index contributed by atoms with van der Waals surface area (Å²) in [6.07, 6.45) is 0. The summed E-state index contributed by atoms with van der Waals surface area (Å²) in [6, 6.07) is 28.3. The predicted octanol–water partition coefficient (Wildman–Crippen LogP) is 7.37. The van der Waals surface area contributed by atoms with Crippen LogP contribution >= 0.6 is 11.6 Å². The van der Waals surface area contributed by atoms with Crippen molar-refractivity contribution in [3.8, 4) is 5.75 Å². The summed E-state index contributed by atoms with van der Waals surface area (Å²) in [5.74, 6) is -2.72. The van der Waals surface area contributed by atoms with Crippen molar-refractivity contribution in [2.24, 2.45) is 5.92 Å². The molecule has 0 saturated carbocycles. The summed E-state index contributed by atoms with van der Waals surface area (Å²) in [5.41, 5.74) is 1.31. The van der Waals surface area contributed by atoms with Gasteiger partial charge in [-0.15, -0.1) is 0 Å². The molecule has 4 aromatic carbocycles. The maximum atomic E-state index is 14.5. The second-order valence-electron chi connectivity index (χ2n) is 10.6. The Hall–Kier alpha value is -4.62. The molecule has 0 spiro atoms. The number of carboxylic acid groups (broad SMARTS) is 1. The van der Waals surface area contributed by atoms with E-state index in [4.69, 9.17) is 16.3 Å². The number of aryl methyl sites for hydroxylation is 1. The van der Waals surface area contributed by atoms with Gasteiger partial charge in [-0.05, 0) is 61.4 Å². The number of carbonyl (C=O) groups excluding carboxylic acids is 2. The molecule has 1 aliphatic rings. The maximum absolute atomic E-state index is 14.5. The number of halogens is 1. The Labute approximate surface area is 249 Å². The van der Waals surface area contributed by atoms with Gasteiger partial charge in [-0.2, -0.15) is 0 Å². The van der Waals surface area contributed by atoms with Crippen LogP contribution in [0.5, 0.6) is 5.75 Å². The van der Waals surface area contributed by atoms with Crippen molar-refractivity contribution >= 4 is 35.1 Å². The minimum absolute atomic E-state index is 0.256. The molecule has 1 saturated heterocycles. The number of aliphatic carboxylic acids is 1. The lowest BCUT2D eigenvalue weighted by atomic mass is 9.71. The molecule has 8 heteroatoms. The third-order valence-electron chi connectivity index (χ3n) is 8.09. The first-order valence-corrected chi connectivity index (χ1v) is 13.9. The number of Topliss-reactive ketones (excluding diaryl/α,β-unsaturated/α-hetero) is 1. The highest BCUT2D eigenvalue weighted by Gasteiger charge is 2.65. The predicted molar refractivity (Wildman–Crippen MR) is 162 cm³/mol. The van der Waals surface area contributed by atoms with E-state index in [0.29, 0.717) is 33.1 Å². The number of amides is 2. The van der Waals surface area contributed by atoms with E-state index in [0.717, 1.165) is 5.56 Å². The number of methoxy groups -OCH3 is 1. The number of nitrogens with one attached hydrogen (secondary N) is 1. The third kappa shape index (κ3) is 5.23. The van der Waals surface area contributed by atoms with Crippen LogP contribution in [-0.4, -0.2) is 40.4 Å². The fraction of sp³-hybridized carbons (Fsp3) is 0.206. The Balaban J connectivity index is 1.74. The van der Waals surface area contributed by atoms with Crippen molar-refractivity contribution in [1.29, 1.82) is 0 Å². The molecule has 4 unspecified atom stereocenters. The summed E-state index contributed by atoms with van der Waals surface area (Å²) < 4.78 is 5.23. The number of carboxylic acids is 1. The molecule has 2 amide bonds. The van der Waals surface area contributed by atoms with Gasteiger partial charge in [0.1, 0.15) is 11.3 Å². The zero-order valence-corrected chi connectivity index (χ0v) is 24.2. The number of anilines is 1. The van der Waals surface area contributed by atoms with Crippen LogP contribution in [0.15, 0.2) is 103 Å². The Morgan fingerprint density at radius 1 is 0.857 bits per heavy atom. The summed E-state index contributed by atoms with van der Waals surface area (Å²) in [5, 5.41) is 14.3. The number of ketones is 1. The Morgan fingerprint density at radius 3 is 2.02 bits per heavy atom. The molecule has 0 aromatic heterocycles. The lowest BCUT2D eigenvalue weighted by Crippen LogP contribution is -2.55. The first-order chi connectivity index (χ1) is 20.1. The first-order valence-electron chi connectivity index (χ1n) is 13.5. The Bertz CT molecular complexity index is 1590. The van der Waals surface area contributed by atoms with Gasteiger partial charge >= 0.3 is 12.0 Å². The quantitative estimate of drug-likeness (QED) is 0.222. The van der Waals surface area contributed by atoms with Gasteiger partial charge in [-0.3, -0.25) is 9.69 Å². The molecule has 7 nitrogen and oxygen atoms in total. The molecule has 0 aliphatic carbocycles. The van der Waals surface area contributed by atoms with Crippen LogP contribution in [-0.2, 0) is 4.79 Å². The van der Waals surface area contributed by atoms with Gasteiger partial charge in [0.25, 0.3) is 0 Å². The molecule has 1 fully saturated rings. The number of hydrogen-bond donors (Lipinski definition) is 2.